The van der Waals surface area contributed by atoms with E-state index in [2.05, 4.69) is 81.5 Å². The molecule has 6 nitrogen and oxygen atoms in total. The molecule has 0 bridgehead atoms. The first-order valence-electron chi connectivity index (χ1n) is 23.9. The van der Waals surface area contributed by atoms with Crippen molar-refractivity contribution in [3.05, 3.63) is 72.9 Å². The Balaban J connectivity index is 4.49. The smallest absolute Gasteiger partial charge is 0.306 e. The zero-order chi connectivity index (χ0) is 42.3. The molecule has 0 radical (unpaired) electrons. The number of allylic oxidation sites excluding steroid dienone is 12. The molecule has 58 heavy (non-hydrogen) atoms. The van der Waals surface area contributed by atoms with Crippen LogP contribution in [-0.2, 0) is 28.6 Å². The number of hydrogen-bond acceptors (Lipinski definition) is 6. The monoisotopic (exact) mass is 809 g/mol. The predicted octanol–water partition coefficient (Wildman–Crippen LogP) is 15.5. The van der Waals surface area contributed by atoms with E-state index >= 15 is 0 Å². The van der Waals surface area contributed by atoms with Gasteiger partial charge in [-0.15, -0.1) is 0 Å². The fraction of sp³-hybridized carbons (Fsp3) is 0.712. The molecule has 0 aliphatic rings. The van der Waals surface area contributed by atoms with Crippen LogP contribution in [0.4, 0.5) is 0 Å². The van der Waals surface area contributed by atoms with E-state index in [4.69, 9.17) is 14.2 Å². The van der Waals surface area contributed by atoms with Crippen molar-refractivity contribution in [1.82, 2.24) is 0 Å². The summed E-state index contributed by atoms with van der Waals surface area (Å²) in [5.74, 6) is -1.01. The zero-order valence-corrected chi connectivity index (χ0v) is 37.8. The maximum atomic E-state index is 12.7. The lowest BCUT2D eigenvalue weighted by Crippen LogP contribution is -2.30. The molecule has 0 saturated heterocycles. The Kier molecular flexibility index (Phi) is 44.0. The molecule has 0 spiro atoms. The Morgan fingerprint density at radius 1 is 0.362 bits per heavy atom. The fourth-order valence-corrected chi connectivity index (χ4v) is 6.37. The lowest BCUT2D eigenvalue weighted by atomic mass is 10.0. The van der Waals surface area contributed by atoms with Crippen molar-refractivity contribution in [2.45, 2.75) is 226 Å². The molecule has 0 aliphatic heterocycles. The van der Waals surface area contributed by atoms with Crippen LogP contribution < -0.4 is 0 Å². The second kappa shape index (κ2) is 46.5. The molecule has 0 heterocycles. The van der Waals surface area contributed by atoms with Crippen molar-refractivity contribution in [2.75, 3.05) is 13.2 Å². The third-order valence-electron chi connectivity index (χ3n) is 9.96. The average molecular weight is 809 g/mol. The molecule has 0 N–H and O–H groups in total. The Morgan fingerprint density at radius 3 is 1.16 bits per heavy atom. The molecule has 0 amide bonds. The minimum atomic E-state index is -0.815. The van der Waals surface area contributed by atoms with Gasteiger partial charge in [-0.25, -0.2) is 0 Å². The maximum absolute atomic E-state index is 12.7. The number of hydrogen-bond donors (Lipinski definition) is 0. The van der Waals surface area contributed by atoms with Gasteiger partial charge in [-0.05, 0) is 77.0 Å². The first-order chi connectivity index (χ1) is 28.5. The van der Waals surface area contributed by atoms with Gasteiger partial charge in [-0.3, -0.25) is 14.4 Å². The topological polar surface area (TPSA) is 78.9 Å². The van der Waals surface area contributed by atoms with Crippen molar-refractivity contribution in [3.8, 4) is 0 Å². The highest BCUT2D eigenvalue weighted by molar-refractivity contribution is 5.71. The molecular formula is C52H88O6. The van der Waals surface area contributed by atoms with Gasteiger partial charge >= 0.3 is 17.9 Å². The van der Waals surface area contributed by atoms with Crippen LogP contribution in [0, 0.1) is 0 Å². The van der Waals surface area contributed by atoms with Crippen molar-refractivity contribution in [2.24, 2.45) is 0 Å². The van der Waals surface area contributed by atoms with Gasteiger partial charge in [0.05, 0.1) is 0 Å². The number of rotatable bonds is 42. The summed E-state index contributed by atoms with van der Waals surface area (Å²) in [4.78, 5) is 37.8. The van der Waals surface area contributed by atoms with Crippen molar-refractivity contribution in [3.63, 3.8) is 0 Å². The normalized spacial score (nSPS) is 12.7. The van der Waals surface area contributed by atoms with E-state index in [1.165, 1.54) is 83.5 Å². The quantitative estimate of drug-likeness (QED) is 0.0264. The Bertz CT molecular complexity index is 1110. The van der Waals surface area contributed by atoms with E-state index in [1.807, 2.05) is 12.2 Å². The third-order valence-corrected chi connectivity index (χ3v) is 9.96. The summed E-state index contributed by atoms with van der Waals surface area (Å²) in [7, 11) is 0. The second-order valence-electron chi connectivity index (χ2n) is 15.6. The van der Waals surface area contributed by atoms with E-state index in [0.29, 0.717) is 19.3 Å². The third kappa shape index (κ3) is 44.0. The molecule has 0 aliphatic carbocycles. The summed E-state index contributed by atoms with van der Waals surface area (Å²) < 4.78 is 16.7. The number of carbonyl (C=O) groups is 3. The molecular weight excluding hydrogens is 721 g/mol. The molecule has 1 unspecified atom stereocenters. The first-order valence-corrected chi connectivity index (χ1v) is 23.9. The summed E-state index contributed by atoms with van der Waals surface area (Å²) in [6, 6.07) is 0. The lowest BCUT2D eigenvalue weighted by molar-refractivity contribution is -0.166. The maximum Gasteiger partial charge on any atom is 0.306 e. The average Bonchev–Trinajstić information content (AvgIpc) is 3.22. The van der Waals surface area contributed by atoms with Gasteiger partial charge in [0.1, 0.15) is 13.2 Å². The van der Waals surface area contributed by atoms with E-state index in [0.717, 1.165) is 89.9 Å². The van der Waals surface area contributed by atoms with E-state index in [-0.39, 0.29) is 31.6 Å². The van der Waals surface area contributed by atoms with Gasteiger partial charge in [0, 0.05) is 19.3 Å². The summed E-state index contributed by atoms with van der Waals surface area (Å²) in [5, 5.41) is 0. The predicted molar refractivity (Wildman–Crippen MR) is 247 cm³/mol. The number of esters is 3. The molecule has 0 rings (SSSR count). The standard InChI is InChI=1S/C52H88O6/c1-4-7-10-13-16-19-22-25-26-28-30-33-36-39-42-45-51(54)57-48-49(47-56-50(53)44-41-38-35-32-29-24-21-18-15-12-9-6-3)58-52(55)46-43-40-37-34-31-27-23-20-17-14-11-8-5-2/h8,11,16-17,19-20,25-27,31,37,40,49H,4-7,9-10,12-15,18,21-24,28-30,32-36,38-39,41-48H2,1-3H3/b11-8-,19-16-,20-17-,26-25-,31-27-,40-37-. The van der Waals surface area contributed by atoms with Crippen LogP contribution in [0.2, 0.25) is 0 Å². The van der Waals surface area contributed by atoms with Crippen LogP contribution in [0.3, 0.4) is 0 Å². The van der Waals surface area contributed by atoms with Gasteiger partial charge < -0.3 is 14.2 Å². The van der Waals surface area contributed by atoms with Crippen molar-refractivity contribution in [1.29, 1.82) is 0 Å². The van der Waals surface area contributed by atoms with E-state index < -0.39 is 12.1 Å². The fourth-order valence-electron chi connectivity index (χ4n) is 6.37. The molecule has 332 valence electrons. The highest BCUT2D eigenvalue weighted by Crippen LogP contribution is 2.14. The van der Waals surface area contributed by atoms with Gasteiger partial charge in [0.2, 0.25) is 0 Å². The van der Waals surface area contributed by atoms with Gasteiger partial charge in [0.15, 0.2) is 6.10 Å². The summed E-state index contributed by atoms with van der Waals surface area (Å²) >= 11 is 0. The van der Waals surface area contributed by atoms with Crippen LogP contribution in [0.5, 0.6) is 0 Å². The Labute approximate surface area is 357 Å². The zero-order valence-electron chi connectivity index (χ0n) is 37.8. The Morgan fingerprint density at radius 2 is 0.707 bits per heavy atom. The largest absolute Gasteiger partial charge is 0.462 e. The van der Waals surface area contributed by atoms with Crippen LogP contribution in [-0.4, -0.2) is 37.2 Å². The molecule has 6 heteroatoms. The van der Waals surface area contributed by atoms with Crippen molar-refractivity contribution >= 4 is 17.9 Å². The highest BCUT2D eigenvalue weighted by atomic mass is 16.6. The summed E-state index contributed by atoms with van der Waals surface area (Å²) in [6.07, 6.45) is 57.5. The SMILES string of the molecule is CC/C=C\C/C=C\C/C=C\C/C=C\CCC(=O)OC(COC(=O)CCCCCCC/C=C\C/C=C\CCCCC)COC(=O)CCCCCCCCCCCCCC. The first kappa shape index (κ1) is 54.9. The number of carbonyl (C=O) groups excluding carboxylic acids is 3. The lowest BCUT2D eigenvalue weighted by Gasteiger charge is -2.18. The second-order valence-corrected chi connectivity index (χ2v) is 15.6. The minimum absolute atomic E-state index is 0.107. The molecule has 0 aromatic heterocycles. The summed E-state index contributed by atoms with van der Waals surface area (Å²) in [6.45, 7) is 6.41. The number of ether oxygens (including phenoxy) is 3. The Hall–Kier alpha value is -3.15. The molecule has 0 aromatic carbocycles. The highest BCUT2D eigenvalue weighted by Gasteiger charge is 2.19. The van der Waals surface area contributed by atoms with Gasteiger partial charge in [-0.2, -0.15) is 0 Å². The molecule has 0 saturated carbocycles. The molecule has 0 fully saturated rings. The van der Waals surface area contributed by atoms with Crippen molar-refractivity contribution < 1.29 is 28.6 Å². The van der Waals surface area contributed by atoms with E-state index in [1.54, 1.807) is 0 Å². The van der Waals surface area contributed by atoms with Crippen LogP contribution in [0.25, 0.3) is 0 Å². The number of unbranched alkanes of at least 4 members (excludes halogenated alkanes) is 19. The van der Waals surface area contributed by atoms with Crippen LogP contribution >= 0.6 is 0 Å². The van der Waals surface area contributed by atoms with Gasteiger partial charge in [0.25, 0.3) is 0 Å². The minimum Gasteiger partial charge on any atom is -0.462 e. The van der Waals surface area contributed by atoms with Crippen LogP contribution in [0.15, 0.2) is 72.9 Å². The van der Waals surface area contributed by atoms with Gasteiger partial charge in [-0.1, -0.05) is 196 Å². The summed E-state index contributed by atoms with van der Waals surface area (Å²) in [5.41, 5.74) is 0. The molecule has 1 atom stereocenters. The van der Waals surface area contributed by atoms with E-state index in [9.17, 15) is 14.4 Å². The molecule has 0 aromatic rings. The van der Waals surface area contributed by atoms with Crippen LogP contribution in [0.1, 0.15) is 220 Å².